The summed E-state index contributed by atoms with van der Waals surface area (Å²) < 4.78 is 5.29. The minimum atomic E-state index is -0.653. The van der Waals surface area contributed by atoms with Crippen LogP contribution in [-0.2, 0) is 0 Å². The second kappa shape index (κ2) is 4.79. The molecule has 0 fully saturated rings. The van der Waals surface area contributed by atoms with E-state index >= 15 is 0 Å². The van der Waals surface area contributed by atoms with Gasteiger partial charge in [-0.25, -0.2) is 0 Å². The molecular formula is C14H11BrN2O3. The molecule has 6 heteroatoms. The summed E-state index contributed by atoms with van der Waals surface area (Å²) in [5, 5.41) is 0. The molecule has 0 saturated heterocycles. The maximum atomic E-state index is 11.4. The van der Waals surface area contributed by atoms with Crippen LogP contribution in [0, 0.1) is 6.92 Å². The highest BCUT2D eigenvalue weighted by molar-refractivity contribution is 9.09. The Hall–Kier alpha value is -2.08. The predicted octanol–water partition coefficient (Wildman–Crippen LogP) is 2.60. The third-order valence-corrected chi connectivity index (χ3v) is 4.23. The highest BCUT2D eigenvalue weighted by Crippen LogP contribution is 2.33. The van der Waals surface area contributed by atoms with Crippen LogP contribution >= 0.6 is 15.9 Å². The van der Waals surface area contributed by atoms with E-state index in [2.05, 4.69) is 25.9 Å². The van der Waals surface area contributed by atoms with E-state index in [0.717, 1.165) is 16.9 Å². The highest BCUT2D eigenvalue weighted by Gasteiger charge is 2.15. The largest absolute Gasteiger partial charge is 0.469 e. The summed E-state index contributed by atoms with van der Waals surface area (Å²) in [6.45, 7) is 1.89. The fourth-order valence-corrected chi connectivity index (χ4v) is 2.89. The molecule has 0 radical (unpaired) electrons. The number of hydrogen-bond acceptors (Lipinski definition) is 3. The number of H-pyrrole nitrogens is 2. The number of halogens is 1. The molecule has 0 amide bonds. The quantitative estimate of drug-likeness (QED) is 0.558. The lowest BCUT2D eigenvalue weighted by Crippen LogP contribution is -2.28. The maximum absolute atomic E-state index is 11.4. The molecular weight excluding hydrogens is 324 g/mol. The molecule has 0 saturated carbocycles. The normalized spacial score (nSPS) is 12.7. The summed E-state index contributed by atoms with van der Waals surface area (Å²) >= 11 is 3.62. The smallest absolute Gasteiger partial charge is 0.314 e. The molecule has 0 aliphatic heterocycles. The molecule has 0 aliphatic carbocycles. The lowest BCUT2D eigenvalue weighted by Gasteiger charge is -2.10. The predicted molar refractivity (Wildman–Crippen MR) is 79.4 cm³/mol. The second-order valence-corrected chi connectivity index (χ2v) is 5.42. The third kappa shape index (κ3) is 2.12. The van der Waals surface area contributed by atoms with Gasteiger partial charge in [-0.3, -0.25) is 9.59 Å². The van der Waals surface area contributed by atoms with Crippen molar-refractivity contribution in [1.82, 2.24) is 9.97 Å². The van der Waals surface area contributed by atoms with Gasteiger partial charge in [0.2, 0.25) is 0 Å². The van der Waals surface area contributed by atoms with Gasteiger partial charge in [-0.2, -0.15) is 0 Å². The van der Waals surface area contributed by atoms with Crippen molar-refractivity contribution in [2.24, 2.45) is 0 Å². The molecule has 1 aromatic carbocycles. The molecule has 1 atom stereocenters. The Kier molecular flexibility index (Phi) is 3.10. The lowest BCUT2D eigenvalue weighted by atomic mass is 10.0. The zero-order valence-corrected chi connectivity index (χ0v) is 12.2. The average Bonchev–Trinajstić information content (AvgIpc) is 2.85. The van der Waals surface area contributed by atoms with Crippen LogP contribution < -0.4 is 11.1 Å². The van der Waals surface area contributed by atoms with Gasteiger partial charge in [0.25, 0.3) is 0 Å². The van der Waals surface area contributed by atoms with E-state index in [1.807, 2.05) is 25.1 Å². The molecule has 2 heterocycles. The van der Waals surface area contributed by atoms with Crippen LogP contribution in [0.3, 0.4) is 0 Å². The van der Waals surface area contributed by atoms with Crippen LogP contribution in [-0.4, -0.2) is 9.97 Å². The zero-order chi connectivity index (χ0) is 14.3. The Bertz CT molecular complexity index is 891. The lowest BCUT2D eigenvalue weighted by molar-refractivity contribution is 0.530. The van der Waals surface area contributed by atoms with Gasteiger partial charge in [0.1, 0.15) is 5.76 Å². The van der Waals surface area contributed by atoms with Gasteiger partial charge in [-0.1, -0.05) is 22.0 Å². The Balaban J connectivity index is 2.14. The number of nitrogens with one attached hydrogen (secondary N) is 2. The van der Waals surface area contributed by atoms with Gasteiger partial charge >= 0.3 is 11.1 Å². The minimum absolute atomic E-state index is 0.0407. The Morgan fingerprint density at radius 3 is 2.45 bits per heavy atom. The minimum Gasteiger partial charge on any atom is -0.469 e. The van der Waals surface area contributed by atoms with Crippen LogP contribution in [0.4, 0.5) is 0 Å². The summed E-state index contributed by atoms with van der Waals surface area (Å²) in [6, 6.07) is 7.39. The number of hydrogen-bond donors (Lipinski definition) is 2. The van der Waals surface area contributed by atoms with Crippen molar-refractivity contribution in [1.29, 1.82) is 0 Å². The highest BCUT2D eigenvalue weighted by atomic mass is 79.9. The number of alkyl halides is 1. The van der Waals surface area contributed by atoms with E-state index in [1.165, 1.54) is 0 Å². The maximum Gasteiger partial charge on any atom is 0.314 e. The zero-order valence-electron chi connectivity index (χ0n) is 10.6. The van der Waals surface area contributed by atoms with Crippen LogP contribution in [0.5, 0.6) is 0 Å². The van der Waals surface area contributed by atoms with Crippen LogP contribution in [0.2, 0.25) is 0 Å². The molecule has 1 unspecified atom stereocenters. The monoisotopic (exact) mass is 334 g/mol. The number of benzene rings is 1. The molecule has 0 aliphatic rings. The van der Waals surface area contributed by atoms with Gasteiger partial charge in [-0.05, 0) is 30.7 Å². The molecule has 3 rings (SSSR count). The molecule has 2 aromatic heterocycles. The van der Waals surface area contributed by atoms with E-state index in [4.69, 9.17) is 4.42 Å². The summed E-state index contributed by atoms with van der Waals surface area (Å²) in [5.74, 6) is 0.835. The van der Waals surface area contributed by atoms with Crippen molar-refractivity contribution in [3.63, 3.8) is 0 Å². The fourth-order valence-electron chi connectivity index (χ4n) is 2.13. The molecule has 20 heavy (non-hydrogen) atoms. The van der Waals surface area contributed by atoms with Crippen LogP contribution in [0.1, 0.15) is 21.7 Å². The van der Waals surface area contributed by atoms with Crippen LogP contribution in [0.25, 0.3) is 11.0 Å². The second-order valence-electron chi connectivity index (χ2n) is 4.51. The molecule has 2 N–H and O–H groups in total. The van der Waals surface area contributed by atoms with E-state index < -0.39 is 11.1 Å². The van der Waals surface area contributed by atoms with Gasteiger partial charge in [0.15, 0.2) is 0 Å². The number of aromatic amines is 2. The van der Waals surface area contributed by atoms with E-state index in [9.17, 15) is 9.59 Å². The van der Waals surface area contributed by atoms with E-state index in [-0.39, 0.29) is 4.83 Å². The first-order valence-electron chi connectivity index (χ1n) is 6.00. The van der Waals surface area contributed by atoms with Gasteiger partial charge in [0.05, 0.1) is 22.1 Å². The topological polar surface area (TPSA) is 78.9 Å². The fraction of sp³-hybridized carbons (Fsp3) is 0.143. The first-order valence-corrected chi connectivity index (χ1v) is 6.92. The number of fused-ring (bicyclic) bond motifs is 1. The van der Waals surface area contributed by atoms with E-state index in [0.29, 0.717) is 11.0 Å². The summed E-state index contributed by atoms with van der Waals surface area (Å²) in [4.78, 5) is 27.7. The molecule has 0 bridgehead atoms. The standard InChI is InChI=1S/C14H11BrN2O3/c1-7-9(4-5-20-7)12(15)8-2-3-10-11(6-8)17-14(19)13(18)16-10/h2-6,12H,1H3,(H,16,18)(H,17,19). The number of aryl methyl sites for hydroxylation is 1. The van der Waals surface area contributed by atoms with Gasteiger partial charge < -0.3 is 14.4 Å². The number of rotatable bonds is 2. The van der Waals surface area contributed by atoms with Crippen molar-refractivity contribution in [2.45, 2.75) is 11.8 Å². The SMILES string of the molecule is Cc1occc1C(Br)c1ccc2[nH]c(=O)c(=O)[nH]c2c1. The molecule has 0 spiro atoms. The third-order valence-electron chi connectivity index (χ3n) is 3.21. The Labute approximate surface area is 121 Å². The first kappa shape index (κ1) is 12.9. The molecule has 5 nitrogen and oxygen atoms in total. The van der Waals surface area contributed by atoms with Crippen molar-refractivity contribution in [2.75, 3.05) is 0 Å². The Morgan fingerprint density at radius 1 is 1.10 bits per heavy atom. The van der Waals surface area contributed by atoms with Crippen molar-refractivity contribution >= 4 is 27.0 Å². The summed E-state index contributed by atoms with van der Waals surface area (Å²) in [7, 11) is 0. The summed E-state index contributed by atoms with van der Waals surface area (Å²) in [6.07, 6.45) is 1.64. The molecule has 102 valence electrons. The van der Waals surface area contributed by atoms with Crippen molar-refractivity contribution in [3.8, 4) is 0 Å². The summed E-state index contributed by atoms with van der Waals surface area (Å²) in [5.41, 5.74) is 1.88. The van der Waals surface area contributed by atoms with Gasteiger partial charge in [-0.15, -0.1) is 0 Å². The van der Waals surface area contributed by atoms with Crippen LogP contribution in [0.15, 0.2) is 44.5 Å². The number of furan rings is 1. The average molecular weight is 335 g/mol. The van der Waals surface area contributed by atoms with E-state index in [1.54, 1.807) is 12.3 Å². The Morgan fingerprint density at radius 2 is 1.80 bits per heavy atom. The van der Waals surface area contributed by atoms with Crippen molar-refractivity contribution in [3.05, 3.63) is 68.1 Å². The first-order chi connectivity index (χ1) is 9.56. The number of aromatic nitrogens is 2. The van der Waals surface area contributed by atoms with Crippen molar-refractivity contribution < 1.29 is 4.42 Å². The van der Waals surface area contributed by atoms with Gasteiger partial charge in [0, 0.05) is 5.56 Å². The molecule has 3 aromatic rings.